The molecule has 0 aromatic heterocycles. The lowest BCUT2D eigenvalue weighted by Gasteiger charge is -2.37. The number of ketones is 1. The molecule has 188 valence electrons. The number of allylic oxidation sites excluding steroid dienone is 3. The largest absolute Gasteiger partial charge is 0.496 e. The molecule has 0 bridgehead atoms. The lowest BCUT2D eigenvalue weighted by molar-refractivity contribution is -0.384. The van der Waals surface area contributed by atoms with Gasteiger partial charge in [-0.2, -0.15) is 0 Å². The lowest BCUT2D eigenvalue weighted by Crippen LogP contribution is -2.36. The second-order valence-corrected chi connectivity index (χ2v) is 8.74. The maximum atomic E-state index is 13.7. The number of hydrogen-bond donors (Lipinski definition) is 1. The highest BCUT2D eigenvalue weighted by Crippen LogP contribution is 2.47. The number of Topliss-reactive ketones (excluding diaryl/α,β-unsaturated/α-hetero) is 1. The number of hydrogen-bond acceptors (Lipinski definition) is 8. The van der Waals surface area contributed by atoms with Crippen LogP contribution in [0.15, 0.2) is 71.1 Å². The Labute approximate surface area is 208 Å². The summed E-state index contributed by atoms with van der Waals surface area (Å²) in [6.45, 7) is 2.07. The number of nitrogens with one attached hydrogen (secondary N) is 1. The minimum absolute atomic E-state index is 0.0643. The molecule has 2 aromatic carbocycles. The van der Waals surface area contributed by atoms with Gasteiger partial charge in [0, 0.05) is 54.5 Å². The van der Waals surface area contributed by atoms with E-state index in [2.05, 4.69) is 5.32 Å². The Hall–Kier alpha value is -3.98. The number of ether oxygens (including phenoxy) is 3. The molecule has 9 heteroatoms. The third-order valence-electron chi connectivity index (χ3n) is 6.58. The average molecular weight is 493 g/mol. The summed E-state index contributed by atoms with van der Waals surface area (Å²) < 4.78 is 15.9. The highest BCUT2D eigenvalue weighted by Gasteiger charge is 2.42. The van der Waals surface area contributed by atoms with Crippen LogP contribution >= 0.6 is 0 Å². The number of dihydropyridines is 1. The van der Waals surface area contributed by atoms with E-state index in [1.54, 1.807) is 26.2 Å². The summed E-state index contributed by atoms with van der Waals surface area (Å²) >= 11 is 0. The summed E-state index contributed by atoms with van der Waals surface area (Å²) in [6.07, 6.45) is 0.795. The molecule has 9 nitrogen and oxygen atoms in total. The molecule has 4 rings (SSSR count). The fourth-order valence-corrected chi connectivity index (χ4v) is 4.95. The van der Waals surface area contributed by atoms with Crippen molar-refractivity contribution in [3.8, 4) is 5.75 Å². The van der Waals surface area contributed by atoms with Gasteiger partial charge in [0.25, 0.3) is 5.69 Å². The van der Waals surface area contributed by atoms with E-state index in [1.807, 2.05) is 24.3 Å². The number of carbonyl (C=O) groups is 2. The number of nitro benzene ring substituents is 1. The van der Waals surface area contributed by atoms with Crippen molar-refractivity contribution in [2.75, 3.05) is 27.4 Å². The molecule has 0 saturated heterocycles. The molecule has 0 amide bonds. The molecule has 0 saturated carbocycles. The predicted octanol–water partition coefficient (Wildman–Crippen LogP) is 4.15. The van der Waals surface area contributed by atoms with Crippen molar-refractivity contribution in [2.45, 2.75) is 31.6 Å². The molecular formula is C27H28N2O7. The van der Waals surface area contributed by atoms with Crippen molar-refractivity contribution in [1.29, 1.82) is 0 Å². The zero-order valence-corrected chi connectivity index (χ0v) is 20.4. The highest BCUT2D eigenvalue weighted by atomic mass is 16.6. The van der Waals surface area contributed by atoms with Crippen LogP contribution in [0.2, 0.25) is 0 Å². The van der Waals surface area contributed by atoms with Crippen LogP contribution in [-0.4, -0.2) is 44.1 Å². The Bertz CT molecular complexity index is 1250. The molecule has 1 N–H and O–H groups in total. The van der Waals surface area contributed by atoms with Crippen molar-refractivity contribution in [2.24, 2.45) is 0 Å². The standard InChI is InChI=1S/C27H28N2O7/c1-16-24(27(31)36-13-12-34-2)25(17-8-10-19(11-9-17)29(32)33)26-21(28-16)14-18(15-22(26)30)20-6-4-5-7-23(20)35-3/h4-11,18,25,28H,12-15H2,1-3H3/t18-,25+/m1/s1. The van der Waals surface area contributed by atoms with Gasteiger partial charge in [-0.3, -0.25) is 14.9 Å². The maximum Gasteiger partial charge on any atom is 0.336 e. The Balaban J connectivity index is 1.77. The highest BCUT2D eigenvalue weighted by molar-refractivity contribution is 6.04. The van der Waals surface area contributed by atoms with Crippen LogP contribution in [0.5, 0.6) is 5.75 Å². The number of para-hydroxylation sites is 1. The van der Waals surface area contributed by atoms with Crippen LogP contribution in [0.3, 0.4) is 0 Å². The average Bonchev–Trinajstić information content (AvgIpc) is 2.87. The topological polar surface area (TPSA) is 117 Å². The van der Waals surface area contributed by atoms with Crippen molar-refractivity contribution >= 4 is 17.4 Å². The van der Waals surface area contributed by atoms with Gasteiger partial charge in [-0.25, -0.2) is 4.79 Å². The maximum absolute atomic E-state index is 13.7. The zero-order valence-electron chi connectivity index (χ0n) is 20.4. The molecular weight excluding hydrogens is 464 g/mol. The summed E-state index contributed by atoms with van der Waals surface area (Å²) in [6, 6.07) is 13.6. The molecule has 2 aromatic rings. The van der Waals surface area contributed by atoms with E-state index in [0.29, 0.717) is 28.8 Å². The molecule has 2 aliphatic rings. The molecule has 36 heavy (non-hydrogen) atoms. The molecule has 1 aliphatic heterocycles. The lowest BCUT2D eigenvalue weighted by atomic mass is 9.71. The third kappa shape index (κ3) is 4.87. The number of esters is 1. The first-order valence-corrected chi connectivity index (χ1v) is 11.6. The van der Waals surface area contributed by atoms with E-state index in [4.69, 9.17) is 14.2 Å². The quantitative estimate of drug-likeness (QED) is 0.253. The van der Waals surface area contributed by atoms with E-state index >= 15 is 0 Å². The van der Waals surface area contributed by atoms with Crippen molar-refractivity contribution in [3.63, 3.8) is 0 Å². The predicted molar refractivity (Wildman–Crippen MR) is 132 cm³/mol. The first kappa shape index (κ1) is 25.1. The van der Waals surface area contributed by atoms with Gasteiger partial charge in [0.2, 0.25) is 0 Å². The number of rotatable bonds is 8. The SMILES string of the molecule is COCCOC(=O)C1=C(C)NC2=C(C(=O)C[C@H](c3ccccc3OC)C2)[C@H]1c1ccc([N+](=O)[O-])cc1. The first-order chi connectivity index (χ1) is 17.3. The van der Waals surface area contributed by atoms with Gasteiger partial charge in [0.1, 0.15) is 12.4 Å². The van der Waals surface area contributed by atoms with Gasteiger partial charge in [0.05, 0.1) is 24.2 Å². The van der Waals surface area contributed by atoms with Crippen molar-refractivity contribution in [1.82, 2.24) is 5.32 Å². The first-order valence-electron chi connectivity index (χ1n) is 11.6. The summed E-state index contributed by atoms with van der Waals surface area (Å²) in [5, 5.41) is 14.5. The van der Waals surface area contributed by atoms with Crippen LogP contribution in [0, 0.1) is 10.1 Å². The van der Waals surface area contributed by atoms with Gasteiger partial charge in [-0.1, -0.05) is 30.3 Å². The van der Waals surface area contributed by atoms with E-state index in [1.165, 1.54) is 19.2 Å². The van der Waals surface area contributed by atoms with Gasteiger partial charge < -0.3 is 19.5 Å². The Morgan fingerprint density at radius 2 is 1.81 bits per heavy atom. The zero-order chi connectivity index (χ0) is 25.8. The van der Waals surface area contributed by atoms with Gasteiger partial charge in [-0.05, 0) is 30.5 Å². The molecule has 0 unspecified atom stereocenters. The number of carbonyl (C=O) groups excluding carboxylic acids is 2. The molecule has 0 radical (unpaired) electrons. The van der Waals surface area contributed by atoms with Gasteiger partial charge >= 0.3 is 5.97 Å². The van der Waals surface area contributed by atoms with E-state index in [0.717, 1.165) is 17.0 Å². The number of nitro groups is 1. The van der Waals surface area contributed by atoms with E-state index in [-0.39, 0.29) is 37.0 Å². The molecule has 0 spiro atoms. The number of non-ortho nitro benzene ring substituents is 1. The van der Waals surface area contributed by atoms with Crippen LogP contribution in [0.4, 0.5) is 5.69 Å². The second kappa shape index (κ2) is 10.7. The molecule has 1 aliphatic carbocycles. The number of benzene rings is 2. The van der Waals surface area contributed by atoms with E-state index < -0.39 is 16.8 Å². The van der Waals surface area contributed by atoms with Crippen molar-refractivity contribution in [3.05, 3.63) is 92.3 Å². The fourth-order valence-electron chi connectivity index (χ4n) is 4.95. The fraction of sp³-hybridized carbons (Fsp3) is 0.333. The normalized spacial score (nSPS) is 19.5. The minimum atomic E-state index is -0.705. The van der Waals surface area contributed by atoms with Gasteiger partial charge in [-0.15, -0.1) is 0 Å². The van der Waals surface area contributed by atoms with Crippen LogP contribution < -0.4 is 10.1 Å². The molecule has 0 fully saturated rings. The van der Waals surface area contributed by atoms with Crippen LogP contribution in [0.1, 0.15) is 42.7 Å². The Morgan fingerprint density at radius 1 is 1.08 bits per heavy atom. The summed E-state index contributed by atoms with van der Waals surface area (Å²) in [5.74, 6) is -0.746. The van der Waals surface area contributed by atoms with Crippen LogP contribution in [0.25, 0.3) is 0 Å². The van der Waals surface area contributed by atoms with Gasteiger partial charge in [0.15, 0.2) is 5.78 Å². The summed E-state index contributed by atoms with van der Waals surface area (Å²) in [7, 11) is 3.11. The van der Waals surface area contributed by atoms with Crippen LogP contribution in [-0.2, 0) is 19.1 Å². The summed E-state index contributed by atoms with van der Waals surface area (Å²) in [4.78, 5) is 37.5. The number of methoxy groups -OCH3 is 2. The van der Waals surface area contributed by atoms with E-state index in [9.17, 15) is 19.7 Å². The Morgan fingerprint density at radius 3 is 2.47 bits per heavy atom. The summed E-state index contributed by atoms with van der Waals surface area (Å²) in [5.41, 5.74) is 3.58. The third-order valence-corrected chi connectivity index (χ3v) is 6.58. The monoisotopic (exact) mass is 492 g/mol. The Kier molecular flexibility index (Phi) is 7.49. The number of nitrogens with zero attached hydrogens (tertiary/aromatic N) is 1. The molecule has 1 heterocycles. The minimum Gasteiger partial charge on any atom is -0.496 e. The second-order valence-electron chi connectivity index (χ2n) is 8.74. The smallest absolute Gasteiger partial charge is 0.336 e. The molecule has 2 atom stereocenters. The van der Waals surface area contributed by atoms with Crippen molar-refractivity contribution < 1.29 is 28.7 Å².